The van der Waals surface area contributed by atoms with Crippen molar-refractivity contribution in [3.05, 3.63) is 59.4 Å². The lowest BCUT2D eigenvalue weighted by Crippen LogP contribution is -2.36. The van der Waals surface area contributed by atoms with E-state index in [9.17, 15) is 9.90 Å². The van der Waals surface area contributed by atoms with Crippen LogP contribution in [0.3, 0.4) is 0 Å². The van der Waals surface area contributed by atoms with Crippen LogP contribution in [0.2, 0.25) is 0 Å². The van der Waals surface area contributed by atoms with E-state index < -0.39 is 0 Å². The van der Waals surface area contributed by atoms with Crippen LogP contribution in [0.1, 0.15) is 24.8 Å². The number of aromatic nitrogens is 1. The number of hydrogen-bond acceptors (Lipinski definition) is 4. The zero-order chi connectivity index (χ0) is 18.5. The van der Waals surface area contributed by atoms with E-state index in [2.05, 4.69) is 16.5 Å². The molecular formula is C20H24ClN3O2. The normalized spacial score (nSPS) is 23.7. The molecule has 1 aromatic rings. The predicted octanol–water partition coefficient (Wildman–Crippen LogP) is 3.01. The van der Waals surface area contributed by atoms with Gasteiger partial charge in [-0.1, -0.05) is 29.8 Å². The molecule has 1 aromatic heterocycles. The molecule has 1 atom stereocenters. The minimum atomic E-state index is -0.234. The number of rotatable bonds is 5. The summed E-state index contributed by atoms with van der Waals surface area (Å²) in [7, 11) is 0. The highest BCUT2D eigenvalue weighted by atomic mass is 35.5. The molecule has 3 rings (SSSR count). The fourth-order valence-electron chi connectivity index (χ4n) is 3.43. The largest absolute Gasteiger partial charge is 0.392 e. The zero-order valence-corrected chi connectivity index (χ0v) is 15.5. The SMILES string of the molecule is C=C/C=C(Cl)\C=C1\CCN(c2cncc(CN3CC[C@H](O)C3)c2)C(=O)C1. The van der Waals surface area contributed by atoms with Gasteiger partial charge in [0, 0.05) is 43.8 Å². The number of allylic oxidation sites excluding steroid dienone is 4. The minimum Gasteiger partial charge on any atom is -0.392 e. The standard InChI is InChI=1S/C20H24ClN3O2/c1-2-3-17(21)8-15-4-7-24(20(26)10-15)18-9-16(11-22-12-18)13-23-6-5-19(25)14-23/h2-3,8-9,11-12,19,25H,1,4-7,10,13-14H2/b15-8-,17-3+/t19-/m0/s1. The van der Waals surface area contributed by atoms with Crippen LogP contribution in [0.25, 0.3) is 0 Å². The lowest BCUT2D eigenvalue weighted by atomic mass is 10.0. The summed E-state index contributed by atoms with van der Waals surface area (Å²) in [6.45, 7) is 6.57. The number of carbonyl (C=O) groups excluding carboxylic acids is 1. The Morgan fingerprint density at radius 1 is 1.42 bits per heavy atom. The van der Waals surface area contributed by atoms with Gasteiger partial charge in [-0.2, -0.15) is 0 Å². The number of aliphatic hydroxyl groups is 1. The molecule has 0 radical (unpaired) electrons. The first kappa shape index (κ1) is 18.8. The third-order valence-electron chi connectivity index (χ3n) is 4.70. The van der Waals surface area contributed by atoms with Crippen molar-refractivity contribution in [1.29, 1.82) is 0 Å². The molecule has 1 N–H and O–H groups in total. The Hall–Kier alpha value is -1.95. The average Bonchev–Trinajstić information content (AvgIpc) is 3.00. The Kier molecular flexibility index (Phi) is 6.25. The highest BCUT2D eigenvalue weighted by Gasteiger charge is 2.24. The number of hydrogen-bond donors (Lipinski definition) is 1. The molecule has 5 nitrogen and oxygen atoms in total. The quantitative estimate of drug-likeness (QED) is 0.806. The van der Waals surface area contributed by atoms with Crippen molar-refractivity contribution in [2.75, 3.05) is 24.5 Å². The number of pyridine rings is 1. The van der Waals surface area contributed by atoms with Crippen LogP contribution >= 0.6 is 11.6 Å². The first-order chi connectivity index (χ1) is 12.5. The van der Waals surface area contributed by atoms with E-state index in [1.807, 2.05) is 18.3 Å². The van der Waals surface area contributed by atoms with Gasteiger partial charge in [-0.3, -0.25) is 14.7 Å². The van der Waals surface area contributed by atoms with E-state index in [4.69, 9.17) is 11.6 Å². The van der Waals surface area contributed by atoms with E-state index in [0.717, 1.165) is 42.8 Å². The summed E-state index contributed by atoms with van der Waals surface area (Å²) in [6.07, 6.45) is 10.5. The highest BCUT2D eigenvalue weighted by molar-refractivity contribution is 6.31. The van der Waals surface area contributed by atoms with Gasteiger partial charge in [0.05, 0.1) is 18.0 Å². The van der Waals surface area contributed by atoms with Gasteiger partial charge in [0.15, 0.2) is 0 Å². The van der Waals surface area contributed by atoms with Crippen molar-refractivity contribution in [3.8, 4) is 0 Å². The molecule has 2 aliphatic rings. The topological polar surface area (TPSA) is 56.7 Å². The third kappa shape index (κ3) is 4.81. The zero-order valence-electron chi connectivity index (χ0n) is 14.8. The number of likely N-dealkylation sites (tertiary alicyclic amines) is 1. The molecule has 2 aliphatic heterocycles. The van der Waals surface area contributed by atoms with Crippen molar-refractivity contribution < 1.29 is 9.90 Å². The number of anilines is 1. The minimum absolute atomic E-state index is 0.0566. The molecule has 0 aromatic carbocycles. The smallest absolute Gasteiger partial charge is 0.231 e. The summed E-state index contributed by atoms with van der Waals surface area (Å²) in [5, 5.41) is 10.2. The monoisotopic (exact) mass is 373 g/mol. The Morgan fingerprint density at radius 2 is 2.27 bits per heavy atom. The molecule has 0 bridgehead atoms. The number of amides is 1. The average molecular weight is 374 g/mol. The lowest BCUT2D eigenvalue weighted by Gasteiger charge is -2.28. The highest BCUT2D eigenvalue weighted by Crippen LogP contribution is 2.26. The van der Waals surface area contributed by atoms with Crippen LogP contribution in [-0.4, -0.2) is 46.6 Å². The lowest BCUT2D eigenvalue weighted by molar-refractivity contribution is -0.118. The molecular weight excluding hydrogens is 350 g/mol. The first-order valence-electron chi connectivity index (χ1n) is 8.87. The number of aliphatic hydroxyl groups excluding tert-OH is 1. The number of β-amino-alcohol motifs (C(OH)–C–C–N with tert-alkyl or cyclic N) is 1. The van der Waals surface area contributed by atoms with E-state index >= 15 is 0 Å². The van der Waals surface area contributed by atoms with Crippen LogP contribution in [0.15, 0.2) is 53.9 Å². The van der Waals surface area contributed by atoms with E-state index in [0.29, 0.717) is 24.5 Å². The summed E-state index contributed by atoms with van der Waals surface area (Å²) in [5.41, 5.74) is 2.92. The van der Waals surface area contributed by atoms with E-state index in [1.54, 1.807) is 23.2 Å². The molecule has 1 amide bonds. The Balaban J connectivity index is 1.66. The fourth-order valence-corrected chi connectivity index (χ4v) is 3.68. The summed E-state index contributed by atoms with van der Waals surface area (Å²) in [4.78, 5) is 20.9. The van der Waals surface area contributed by atoms with Gasteiger partial charge >= 0.3 is 0 Å². The Labute approximate surface area is 159 Å². The van der Waals surface area contributed by atoms with Gasteiger partial charge in [-0.05, 0) is 36.6 Å². The molecule has 26 heavy (non-hydrogen) atoms. The molecule has 0 spiro atoms. The number of carbonyl (C=O) groups is 1. The summed E-state index contributed by atoms with van der Waals surface area (Å²) in [5.74, 6) is 0.0566. The van der Waals surface area contributed by atoms with Gasteiger partial charge in [0.1, 0.15) is 0 Å². The second-order valence-electron chi connectivity index (χ2n) is 6.79. The summed E-state index contributed by atoms with van der Waals surface area (Å²) < 4.78 is 0. The summed E-state index contributed by atoms with van der Waals surface area (Å²) >= 11 is 6.08. The van der Waals surface area contributed by atoms with Crippen LogP contribution in [0, 0.1) is 0 Å². The second-order valence-corrected chi connectivity index (χ2v) is 7.23. The molecule has 2 fully saturated rings. The molecule has 6 heteroatoms. The molecule has 2 saturated heterocycles. The number of halogens is 1. The van der Waals surface area contributed by atoms with Crippen LogP contribution in [0.4, 0.5) is 5.69 Å². The van der Waals surface area contributed by atoms with E-state index in [-0.39, 0.29) is 12.0 Å². The van der Waals surface area contributed by atoms with Gasteiger partial charge in [0.2, 0.25) is 5.91 Å². The second kappa shape index (κ2) is 8.62. The molecule has 0 unspecified atom stereocenters. The Morgan fingerprint density at radius 3 is 2.96 bits per heavy atom. The molecule has 0 saturated carbocycles. The number of nitrogens with zero attached hydrogens (tertiary/aromatic N) is 3. The maximum absolute atomic E-state index is 12.6. The third-order valence-corrected chi connectivity index (χ3v) is 4.94. The predicted molar refractivity (Wildman–Crippen MR) is 104 cm³/mol. The molecule has 138 valence electrons. The van der Waals surface area contributed by atoms with Crippen molar-refractivity contribution in [1.82, 2.24) is 9.88 Å². The van der Waals surface area contributed by atoms with Gasteiger partial charge in [-0.15, -0.1) is 0 Å². The first-order valence-corrected chi connectivity index (χ1v) is 9.25. The maximum Gasteiger partial charge on any atom is 0.231 e. The van der Waals surface area contributed by atoms with Gasteiger partial charge < -0.3 is 10.0 Å². The summed E-state index contributed by atoms with van der Waals surface area (Å²) in [6, 6.07) is 2.02. The fraction of sp³-hybridized carbons (Fsp3) is 0.400. The Bertz CT molecular complexity index is 744. The maximum atomic E-state index is 12.6. The van der Waals surface area contributed by atoms with Crippen molar-refractivity contribution >= 4 is 23.2 Å². The molecule has 0 aliphatic carbocycles. The van der Waals surface area contributed by atoms with Crippen LogP contribution in [0.5, 0.6) is 0 Å². The van der Waals surface area contributed by atoms with Gasteiger partial charge in [-0.25, -0.2) is 0 Å². The van der Waals surface area contributed by atoms with Crippen LogP contribution < -0.4 is 4.90 Å². The van der Waals surface area contributed by atoms with Gasteiger partial charge in [0.25, 0.3) is 0 Å². The van der Waals surface area contributed by atoms with Crippen LogP contribution in [-0.2, 0) is 11.3 Å². The van der Waals surface area contributed by atoms with Crippen molar-refractivity contribution in [2.24, 2.45) is 0 Å². The molecule has 3 heterocycles. The van der Waals surface area contributed by atoms with Crippen molar-refractivity contribution in [2.45, 2.75) is 31.9 Å². The van der Waals surface area contributed by atoms with Crippen molar-refractivity contribution in [3.63, 3.8) is 0 Å². The van der Waals surface area contributed by atoms with E-state index in [1.165, 1.54) is 0 Å². The number of piperidine rings is 1.